The Morgan fingerprint density at radius 2 is 2.28 bits per heavy atom. The van der Waals surface area contributed by atoms with Gasteiger partial charge >= 0.3 is 0 Å². The molecule has 0 amide bonds. The number of rotatable bonds is 7. The van der Waals surface area contributed by atoms with Crippen LogP contribution in [0.25, 0.3) is 0 Å². The van der Waals surface area contributed by atoms with Crippen LogP contribution < -0.4 is 10.5 Å². The molecule has 0 aliphatic rings. The molecule has 0 fully saturated rings. The molecule has 1 aromatic rings. The molecule has 0 saturated carbocycles. The summed E-state index contributed by atoms with van der Waals surface area (Å²) in [6, 6.07) is 1.53. The third-order valence-electron chi connectivity index (χ3n) is 2.13. The van der Waals surface area contributed by atoms with Gasteiger partial charge in [-0.05, 0) is 34.7 Å². The van der Waals surface area contributed by atoms with Gasteiger partial charge in [0, 0.05) is 23.2 Å². The van der Waals surface area contributed by atoms with E-state index < -0.39 is 10.0 Å². The number of sulfonamides is 1. The molecule has 1 heterocycles. The van der Waals surface area contributed by atoms with Crippen LogP contribution in [-0.2, 0) is 16.6 Å². The molecule has 1 atom stereocenters. The van der Waals surface area contributed by atoms with E-state index in [0.29, 0.717) is 10.3 Å². The van der Waals surface area contributed by atoms with E-state index >= 15 is 0 Å². The summed E-state index contributed by atoms with van der Waals surface area (Å²) >= 11 is 6.34. The Morgan fingerprint density at radius 1 is 1.61 bits per heavy atom. The summed E-state index contributed by atoms with van der Waals surface area (Å²) < 4.78 is 27.6. The van der Waals surface area contributed by atoms with Gasteiger partial charge in [0.25, 0.3) is 0 Å². The molecule has 1 aromatic heterocycles. The maximum Gasteiger partial charge on any atom is 0.242 e. The molecule has 4 nitrogen and oxygen atoms in total. The molecular formula is C10H17BrN2O2S3. The Bertz CT molecular complexity index is 487. The second-order valence-corrected chi connectivity index (χ2v) is 9.19. The van der Waals surface area contributed by atoms with Gasteiger partial charge < -0.3 is 5.73 Å². The van der Waals surface area contributed by atoms with Crippen molar-refractivity contribution in [3.63, 3.8) is 0 Å². The van der Waals surface area contributed by atoms with Crippen LogP contribution in [0.2, 0.25) is 0 Å². The number of nitrogens with two attached hydrogens (primary N) is 1. The number of nitrogens with one attached hydrogen (secondary N) is 1. The molecule has 1 rings (SSSR count). The second-order valence-electron chi connectivity index (χ2n) is 3.74. The first-order valence-electron chi connectivity index (χ1n) is 5.49. The van der Waals surface area contributed by atoms with Gasteiger partial charge in [-0.25, -0.2) is 13.1 Å². The minimum atomic E-state index is -3.47. The van der Waals surface area contributed by atoms with E-state index in [0.717, 1.165) is 16.4 Å². The minimum Gasteiger partial charge on any atom is -0.326 e. The topological polar surface area (TPSA) is 72.2 Å². The number of halogens is 1. The lowest BCUT2D eigenvalue weighted by molar-refractivity contribution is 0.571. The predicted molar refractivity (Wildman–Crippen MR) is 82.7 cm³/mol. The lowest BCUT2D eigenvalue weighted by Gasteiger charge is -2.12. The first-order chi connectivity index (χ1) is 8.40. The highest BCUT2D eigenvalue weighted by Crippen LogP contribution is 2.31. The van der Waals surface area contributed by atoms with E-state index in [1.54, 1.807) is 17.8 Å². The van der Waals surface area contributed by atoms with Crippen molar-refractivity contribution in [2.75, 3.05) is 11.5 Å². The van der Waals surface area contributed by atoms with Crippen LogP contribution in [-0.4, -0.2) is 26.0 Å². The van der Waals surface area contributed by atoms with Crippen LogP contribution >= 0.6 is 39.0 Å². The van der Waals surface area contributed by atoms with Crippen LogP contribution in [0.15, 0.2) is 14.7 Å². The minimum absolute atomic E-state index is 0.0897. The first-order valence-corrected chi connectivity index (χ1v) is 9.73. The van der Waals surface area contributed by atoms with Crippen molar-refractivity contribution in [3.05, 3.63) is 14.7 Å². The SMILES string of the molecule is CCSCC(C)NS(=O)(=O)c1cc(CN)sc1Br. The average molecular weight is 373 g/mol. The lowest BCUT2D eigenvalue weighted by atomic mass is 10.4. The zero-order valence-electron chi connectivity index (χ0n) is 10.3. The van der Waals surface area contributed by atoms with Crippen molar-refractivity contribution in [2.45, 2.75) is 31.3 Å². The van der Waals surface area contributed by atoms with Gasteiger partial charge in [-0.15, -0.1) is 11.3 Å². The molecule has 18 heavy (non-hydrogen) atoms. The largest absolute Gasteiger partial charge is 0.326 e. The summed E-state index contributed by atoms with van der Waals surface area (Å²) in [4.78, 5) is 1.12. The van der Waals surface area contributed by atoms with Gasteiger partial charge in [0.05, 0.1) is 3.79 Å². The normalized spacial score (nSPS) is 13.8. The highest BCUT2D eigenvalue weighted by atomic mass is 79.9. The van der Waals surface area contributed by atoms with E-state index in [1.807, 2.05) is 6.92 Å². The molecule has 0 radical (unpaired) electrons. The monoisotopic (exact) mass is 372 g/mol. The quantitative estimate of drug-likeness (QED) is 0.770. The lowest BCUT2D eigenvalue weighted by Crippen LogP contribution is -2.34. The molecule has 8 heteroatoms. The van der Waals surface area contributed by atoms with E-state index in [-0.39, 0.29) is 10.9 Å². The Labute approximate surface area is 125 Å². The zero-order valence-corrected chi connectivity index (χ0v) is 14.3. The van der Waals surface area contributed by atoms with Gasteiger partial charge in [0.2, 0.25) is 10.0 Å². The highest BCUT2D eigenvalue weighted by molar-refractivity contribution is 9.11. The fourth-order valence-corrected chi connectivity index (χ4v) is 5.92. The number of thioether (sulfide) groups is 1. The van der Waals surface area contributed by atoms with E-state index in [1.165, 1.54) is 11.3 Å². The zero-order chi connectivity index (χ0) is 13.8. The Hall–Kier alpha value is 0.400. The van der Waals surface area contributed by atoms with Crippen LogP contribution in [0.1, 0.15) is 18.7 Å². The Morgan fingerprint density at radius 3 is 2.78 bits per heavy atom. The summed E-state index contributed by atoms with van der Waals surface area (Å²) in [5.74, 6) is 1.74. The van der Waals surface area contributed by atoms with Crippen molar-refractivity contribution in [3.8, 4) is 0 Å². The van der Waals surface area contributed by atoms with Crippen LogP contribution in [0, 0.1) is 0 Å². The summed E-state index contributed by atoms with van der Waals surface area (Å²) in [6.07, 6.45) is 0. The fraction of sp³-hybridized carbons (Fsp3) is 0.600. The van der Waals surface area contributed by atoms with Gasteiger partial charge in [0.1, 0.15) is 4.90 Å². The predicted octanol–water partition coefficient (Wildman–Crippen LogP) is 2.39. The second kappa shape index (κ2) is 7.25. The van der Waals surface area contributed by atoms with Crippen molar-refractivity contribution < 1.29 is 8.42 Å². The van der Waals surface area contributed by atoms with Gasteiger partial charge in [-0.3, -0.25) is 0 Å². The molecule has 0 spiro atoms. The van der Waals surface area contributed by atoms with E-state index in [4.69, 9.17) is 5.73 Å². The smallest absolute Gasteiger partial charge is 0.242 e. The molecular weight excluding hydrogens is 356 g/mol. The Balaban J connectivity index is 2.82. The molecule has 0 aromatic carbocycles. The van der Waals surface area contributed by atoms with E-state index in [2.05, 4.69) is 27.6 Å². The number of thiophene rings is 1. The van der Waals surface area contributed by atoms with Crippen molar-refractivity contribution >= 4 is 49.1 Å². The van der Waals surface area contributed by atoms with Crippen molar-refractivity contribution in [2.24, 2.45) is 5.73 Å². The molecule has 0 saturated heterocycles. The third kappa shape index (κ3) is 4.50. The molecule has 0 bridgehead atoms. The Kier molecular flexibility index (Phi) is 6.63. The summed E-state index contributed by atoms with van der Waals surface area (Å²) in [5.41, 5.74) is 5.51. The summed E-state index contributed by atoms with van der Waals surface area (Å²) in [5, 5.41) is 0. The molecule has 104 valence electrons. The van der Waals surface area contributed by atoms with Crippen LogP contribution in [0.4, 0.5) is 0 Å². The maximum absolute atomic E-state index is 12.2. The van der Waals surface area contributed by atoms with Crippen molar-refractivity contribution in [1.82, 2.24) is 4.72 Å². The summed E-state index contributed by atoms with van der Waals surface area (Å²) in [7, 11) is -3.47. The number of hydrogen-bond acceptors (Lipinski definition) is 5. The number of hydrogen-bond donors (Lipinski definition) is 2. The average Bonchev–Trinajstić information content (AvgIpc) is 2.68. The van der Waals surface area contributed by atoms with Crippen LogP contribution in [0.3, 0.4) is 0 Å². The van der Waals surface area contributed by atoms with Gasteiger partial charge in [-0.1, -0.05) is 6.92 Å². The van der Waals surface area contributed by atoms with E-state index in [9.17, 15) is 8.42 Å². The fourth-order valence-electron chi connectivity index (χ4n) is 1.34. The highest BCUT2D eigenvalue weighted by Gasteiger charge is 2.22. The van der Waals surface area contributed by atoms with Gasteiger partial charge in [0.15, 0.2) is 0 Å². The molecule has 1 unspecified atom stereocenters. The molecule has 0 aliphatic carbocycles. The van der Waals surface area contributed by atoms with Gasteiger partial charge in [-0.2, -0.15) is 11.8 Å². The third-order valence-corrected chi connectivity index (χ3v) is 7.13. The van der Waals surface area contributed by atoms with Crippen molar-refractivity contribution in [1.29, 1.82) is 0 Å². The molecule has 0 aliphatic heterocycles. The first kappa shape index (κ1) is 16.5. The molecule has 3 N–H and O–H groups in total. The standard InChI is InChI=1S/C10H17BrN2O2S3/c1-3-16-6-7(2)13-18(14,15)9-4-8(5-12)17-10(9)11/h4,7,13H,3,5-6,12H2,1-2H3. The summed E-state index contributed by atoms with van der Waals surface area (Å²) in [6.45, 7) is 4.26. The maximum atomic E-state index is 12.2. The van der Waals surface area contributed by atoms with Crippen LogP contribution in [0.5, 0.6) is 0 Å².